The van der Waals surface area contributed by atoms with Crippen molar-refractivity contribution in [3.63, 3.8) is 0 Å². The number of ether oxygens (including phenoxy) is 1. The Labute approximate surface area is 103 Å². The van der Waals surface area contributed by atoms with Gasteiger partial charge in [0.25, 0.3) is 0 Å². The maximum atomic E-state index is 11.8. The van der Waals surface area contributed by atoms with Crippen LogP contribution in [0, 0.1) is 0 Å². The quantitative estimate of drug-likeness (QED) is 0.770. The molecule has 3 heteroatoms. The first-order valence-electron chi connectivity index (χ1n) is 6.03. The first kappa shape index (κ1) is 13.7. The summed E-state index contributed by atoms with van der Waals surface area (Å²) < 4.78 is 4.82. The molecule has 94 valence electrons. The summed E-state index contributed by atoms with van der Waals surface area (Å²) in [5.74, 6) is -0.324. The first-order valence-corrected chi connectivity index (χ1v) is 6.03. The molecule has 0 radical (unpaired) electrons. The molecule has 0 aliphatic heterocycles. The van der Waals surface area contributed by atoms with Crippen LogP contribution in [0.15, 0.2) is 30.3 Å². The normalized spacial score (nSPS) is 14.1. The number of esters is 1. The number of carbonyl (C=O) groups is 1. The van der Waals surface area contributed by atoms with E-state index in [1.165, 1.54) is 7.11 Å². The van der Waals surface area contributed by atoms with Gasteiger partial charge in [-0.15, -0.1) is 0 Å². The molecule has 0 saturated carbocycles. The highest BCUT2D eigenvalue weighted by Gasteiger charge is 2.34. The van der Waals surface area contributed by atoms with E-state index in [2.05, 4.69) is 6.92 Å². The molecule has 1 aromatic rings. The van der Waals surface area contributed by atoms with E-state index in [9.17, 15) is 4.79 Å². The van der Waals surface area contributed by atoms with Crippen LogP contribution < -0.4 is 5.73 Å². The molecule has 1 aromatic carbocycles. The van der Waals surface area contributed by atoms with Crippen LogP contribution in [0.5, 0.6) is 0 Å². The second kappa shape index (κ2) is 6.40. The minimum Gasteiger partial charge on any atom is -0.468 e. The van der Waals surface area contributed by atoms with Gasteiger partial charge in [-0.25, -0.2) is 0 Å². The van der Waals surface area contributed by atoms with Gasteiger partial charge >= 0.3 is 5.97 Å². The molecule has 0 aliphatic carbocycles. The molecular formula is C14H21NO2. The Morgan fingerprint density at radius 3 is 2.53 bits per heavy atom. The molecule has 3 nitrogen and oxygen atoms in total. The van der Waals surface area contributed by atoms with E-state index in [0.29, 0.717) is 12.8 Å². The zero-order valence-electron chi connectivity index (χ0n) is 10.6. The average molecular weight is 235 g/mol. The van der Waals surface area contributed by atoms with Gasteiger partial charge in [0.15, 0.2) is 0 Å². The highest BCUT2D eigenvalue weighted by molar-refractivity contribution is 5.80. The summed E-state index contributed by atoms with van der Waals surface area (Å²) in [5.41, 5.74) is 6.37. The summed E-state index contributed by atoms with van der Waals surface area (Å²) >= 11 is 0. The van der Waals surface area contributed by atoms with E-state index < -0.39 is 5.54 Å². The summed E-state index contributed by atoms with van der Waals surface area (Å²) in [6.45, 7) is 2.08. The summed E-state index contributed by atoms with van der Waals surface area (Å²) in [6.07, 6.45) is 3.13. The van der Waals surface area contributed by atoms with Crippen molar-refractivity contribution in [2.45, 2.75) is 38.1 Å². The SMILES string of the molecule is CCCC[C@](N)(Cc1ccccc1)C(=O)OC. The molecular weight excluding hydrogens is 214 g/mol. The number of methoxy groups -OCH3 is 1. The van der Waals surface area contributed by atoms with Crippen LogP contribution >= 0.6 is 0 Å². The lowest BCUT2D eigenvalue weighted by Crippen LogP contribution is -2.50. The van der Waals surface area contributed by atoms with Crippen molar-refractivity contribution in [3.05, 3.63) is 35.9 Å². The molecule has 0 aliphatic rings. The van der Waals surface area contributed by atoms with Gasteiger partial charge in [-0.3, -0.25) is 4.79 Å². The Kier molecular flexibility index (Phi) is 5.16. The highest BCUT2D eigenvalue weighted by Crippen LogP contribution is 2.19. The van der Waals surface area contributed by atoms with Crippen molar-refractivity contribution in [2.75, 3.05) is 7.11 Å². The number of benzene rings is 1. The van der Waals surface area contributed by atoms with Crippen LogP contribution in [0.2, 0.25) is 0 Å². The number of hydrogen-bond acceptors (Lipinski definition) is 3. The van der Waals surface area contributed by atoms with Gasteiger partial charge in [-0.05, 0) is 12.0 Å². The molecule has 1 rings (SSSR count). The fourth-order valence-corrected chi connectivity index (χ4v) is 1.92. The van der Waals surface area contributed by atoms with Crippen molar-refractivity contribution in [3.8, 4) is 0 Å². The number of carbonyl (C=O) groups excluding carboxylic acids is 1. The molecule has 0 heterocycles. The van der Waals surface area contributed by atoms with Crippen LogP contribution in [0.1, 0.15) is 31.7 Å². The Hall–Kier alpha value is -1.35. The minimum atomic E-state index is -0.897. The van der Waals surface area contributed by atoms with E-state index >= 15 is 0 Å². The van der Waals surface area contributed by atoms with Crippen molar-refractivity contribution in [1.29, 1.82) is 0 Å². The maximum absolute atomic E-state index is 11.8. The third kappa shape index (κ3) is 3.86. The van der Waals surface area contributed by atoms with Crippen LogP contribution in [-0.4, -0.2) is 18.6 Å². The summed E-state index contributed by atoms with van der Waals surface area (Å²) in [4.78, 5) is 11.8. The molecule has 0 bridgehead atoms. The molecule has 0 saturated heterocycles. The molecule has 0 amide bonds. The van der Waals surface area contributed by atoms with Crippen LogP contribution in [0.3, 0.4) is 0 Å². The fraction of sp³-hybridized carbons (Fsp3) is 0.500. The third-order valence-electron chi connectivity index (χ3n) is 2.93. The monoisotopic (exact) mass is 235 g/mol. The van der Waals surface area contributed by atoms with E-state index in [1.54, 1.807) is 0 Å². The zero-order chi connectivity index (χ0) is 12.7. The molecule has 17 heavy (non-hydrogen) atoms. The van der Waals surface area contributed by atoms with Crippen LogP contribution in [-0.2, 0) is 16.0 Å². The summed E-state index contributed by atoms with van der Waals surface area (Å²) in [7, 11) is 1.39. The van der Waals surface area contributed by atoms with Gasteiger partial charge in [-0.1, -0.05) is 50.1 Å². The highest BCUT2D eigenvalue weighted by atomic mass is 16.5. The number of hydrogen-bond donors (Lipinski definition) is 1. The standard InChI is InChI=1S/C14H21NO2/c1-3-4-10-14(15,13(16)17-2)11-12-8-6-5-7-9-12/h5-9H,3-4,10-11,15H2,1-2H3/t14-/m0/s1. The van der Waals surface area contributed by atoms with Crippen molar-refractivity contribution in [2.24, 2.45) is 5.73 Å². The zero-order valence-corrected chi connectivity index (χ0v) is 10.6. The fourth-order valence-electron chi connectivity index (χ4n) is 1.92. The third-order valence-corrected chi connectivity index (χ3v) is 2.93. The number of rotatable bonds is 6. The van der Waals surface area contributed by atoms with Gasteiger partial charge in [0.2, 0.25) is 0 Å². The lowest BCUT2D eigenvalue weighted by atomic mass is 9.87. The molecule has 0 fully saturated rings. The van der Waals surface area contributed by atoms with Crippen molar-refractivity contribution < 1.29 is 9.53 Å². The lowest BCUT2D eigenvalue weighted by molar-refractivity contribution is -0.147. The Morgan fingerprint density at radius 1 is 1.35 bits per heavy atom. The second-order valence-corrected chi connectivity index (χ2v) is 4.41. The van der Waals surface area contributed by atoms with Gasteiger partial charge < -0.3 is 10.5 Å². The first-order chi connectivity index (χ1) is 8.12. The van der Waals surface area contributed by atoms with Crippen LogP contribution in [0.4, 0.5) is 0 Å². The predicted octanol–water partition coefficient (Wildman–Crippen LogP) is 2.29. The van der Waals surface area contributed by atoms with Gasteiger partial charge in [-0.2, -0.15) is 0 Å². The lowest BCUT2D eigenvalue weighted by Gasteiger charge is -2.26. The molecule has 1 atom stereocenters. The molecule has 0 unspecified atom stereocenters. The number of nitrogens with two attached hydrogens (primary N) is 1. The maximum Gasteiger partial charge on any atom is 0.326 e. The Bertz CT molecular complexity index is 350. The van der Waals surface area contributed by atoms with Crippen molar-refractivity contribution in [1.82, 2.24) is 0 Å². The molecule has 2 N–H and O–H groups in total. The van der Waals surface area contributed by atoms with E-state index in [4.69, 9.17) is 10.5 Å². The van der Waals surface area contributed by atoms with Gasteiger partial charge in [0.05, 0.1) is 7.11 Å². The predicted molar refractivity (Wildman–Crippen MR) is 68.6 cm³/mol. The van der Waals surface area contributed by atoms with E-state index in [-0.39, 0.29) is 5.97 Å². The smallest absolute Gasteiger partial charge is 0.326 e. The topological polar surface area (TPSA) is 52.3 Å². The Balaban J connectivity index is 2.80. The second-order valence-electron chi connectivity index (χ2n) is 4.41. The molecule has 0 spiro atoms. The van der Waals surface area contributed by atoms with E-state index in [0.717, 1.165) is 18.4 Å². The average Bonchev–Trinajstić information content (AvgIpc) is 2.36. The van der Waals surface area contributed by atoms with Crippen LogP contribution in [0.25, 0.3) is 0 Å². The summed E-state index contributed by atoms with van der Waals surface area (Å²) in [6, 6.07) is 9.82. The van der Waals surface area contributed by atoms with Crippen molar-refractivity contribution >= 4 is 5.97 Å². The van der Waals surface area contributed by atoms with Gasteiger partial charge in [0, 0.05) is 6.42 Å². The van der Waals surface area contributed by atoms with E-state index in [1.807, 2.05) is 30.3 Å². The number of unbranched alkanes of at least 4 members (excludes halogenated alkanes) is 1. The summed E-state index contributed by atoms with van der Waals surface area (Å²) in [5, 5.41) is 0. The Morgan fingerprint density at radius 2 is 2.00 bits per heavy atom. The minimum absolute atomic E-state index is 0.324. The molecule has 0 aromatic heterocycles. The van der Waals surface area contributed by atoms with Gasteiger partial charge in [0.1, 0.15) is 5.54 Å². The largest absolute Gasteiger partial charge is 0.468 e.